The molecule has 2 rings (SSSR count). The van der Waals surface area contributed by atoms with Crippen molar-refractivity contribution in [2.24, 2.45) is 0 Å². The third kappa shape index (κ3) is 7.23. The lowest BCUT2D eigenvalue weighted by molar-refractivity contribution is -0.305. The summed E-state index contributed by atoms with van der Waals surface area (Å²) in [5, 5.41) is 10.5. The number of hydrogen-bond donors (Lipinski definition) is 0. The number of benzene rings is 2. The number of alkyl halides is 3. The van der Waals surface area contributed by atoms with Crippen LogP contribution in [0.25, 0.3) is 0 Å². The van der Waals surface area contributed by atoms with Crippen molar-refractivity contribution in [2.75, 3.05) is 20.1 Å². The molecule has 0 bridgehead atoms. The second-order valence-electron chi connectivity index (χ2n) is 6.61. The van der Waals surface area contributed by atoms with E-state index in [0.29, 0.717) is 31.7 Å². The molecule has 1 atom stereocenters. The van der Waals surface area contributed by atoms with Gasteiger partial charge in [-0.25, -0.2) is 0 Å². The standard InChI is InChI=1S/C21H24F3NO3/c1-25(14-5-8-20(26)27)15-13-19(16-6-3-2-4-7-16)28-18-11-9-17(10-12-18)21(22,23)24/h2-4,6-7,9-12,19H,5,8,13-15H2,1H3,(H,26,27)/p-1. The van der Waals surface area contributed by atoms with Crippen LogP contribution in [0.15, 0.2) is 54.6 Å². The Morgan fingerprint density at radius 3 is 2.29 bits per heavy atom. The van der Waals surface area contributed by atoms with Crippen LogP contribution >= 0.6 is 0 Å². The van der Waals surface area contributed by atoms with Gasteiger partial charge in [-0.1, -0.05) is 30.3 Å². The summed E-state index contributed by atoms with van der Waals surface area (Å²) in [4.78, 5) is 12.5. The van der Waals surface area contributed by atoms with Crippen LogP contribution in [-0.2, 0) is 11.0 Å². The van der Waals surface area contributed by atoms with Gasteiger partial charge in [0.25, 0.3) is 0 Å². The first-order valence-electron chi connectivity index (χ1n) is 9.03. The highest BCUT2D eigenvalue weighted by Gasteiger charge is 2.30. The number of carbonyl (C=O) groups is 1. The molecular weight excluding hydrogens is 371 g/mol. The van der Waals surface area contributed by atoms with E-state index >= 15 is 0 Å². The van der Waals surface area contributed by atoms with Gasteiger partial charge in [0.15, 0.2) is 0 Å². The fourth-order valence-electron chi connectivity index (χ4n) is 2.79. The first-order valence-corrected chi connectivity index (χ1v) is 9.03. The minimum atomic E-state index is -4.38. The van der Waals surface area contributed by atoms with E-state index in [2.05, 4.69) is 0 Å². The van der Waals surface area contributed by atoms with Crippen molar-refractivity contribution in [2.45, 2.75) is 31.5 Å². The summed E-state index contributed by atoms with van der Waals surface area (Å²) < 4.78 is 44.1. The molecule has 0 saturated heterocycles. The maximum absolute atomic E-state index is 12.7. The summed E-state index contributed by atoms with van der Waals surface area (Å²) in [6.45, 7) is 1.25. The Bertz CT molecular complexity index is 733. The molecule has 0 aliphatic heterocycles. The summed E-state index contributed by atoms with van der Waals surface area (Å²) in [6.07, 6.45) is -3.61. The SMILES string of the molecule is CN(CCCC(=O)[O-])CCC(Oc1ccc(C(F)(F)F)cc1)c1ccccc1. The number of nitrogens with zero attached hydrogens (tertiary/aromatic N) is 1. The summed E-state index contributed by atoms with van der Waals surface area (Å²) in [6, 6.07) is 14.1. The van der Waals surface area contributed by atoms with Gasteiger partial charge in [0.1, 0.15) is 11.9 Å². The van der Waals surface area contributed by atoms with Crippen molar-refractivity contribution in [1.29, 1.82) is 0 Å². The van der Waals surface area contributed by atoms with Gasteiger partial charge in [-0.3, -0.25) is 0 Å². The molecule has 0 radical (unpaired) electrons. The lowest BCUT2D eigenvalue weighted by Crippen LogP contribution is -2.27. The van der Waals surface area contributed by atoms with Crippen molar-refractivity contribution < 1.29 is 27.8 Å². The predicted molar refractivity (Wildman–Crippen MR) is 97.6 cm³/mol. The Morgan fingerprint density at radius 2 is 1.71 bits per heavy atom. The molecular formula is C21H23F3NO3-. The maximum atomic E-state index is 12.7. The third-order valence-corrected chi connectivity index (χ3v) is 4.33. The molecule has 0 amide bonds. The summed E-state index contributed by atoms with van der Waals surface area (Å²) >= 11 is 0. The van der Waals surface area contributed by atoms with Crippen molar-refractivity contribution >= 4 is 5.97 Å². The van der Waals surface area contributed by atoms with E-state index in [1.807, 2.05) is 42.3 Å². The van der Waals surface area contributed by atoms with Crippen LogP contribution in [0.4, 0.5) is 13.2 Å². The average Bonchev–Trinajstić information content (AvgIpc) is 2.65. The summed E-state index contributed by atoms with van der Waals surface area (Å²) in [5.74, 6) is -0.706. The molecule has 2 aromatic rings. The van der Waals surface area contributed by atoms with Crippen molar-refractivity contribution in [1.82, 2.24) is 4.90 Å². The first kappa shape index (κ1) is 21.8. The largest absolute Gasteiger partial charge is 0.550 e. The molecule has 0 aliphatic rings. The van der Waals surface area contributed by atoms with E-state index in [-0.39, 0.29) is 12.5 Å². The molecule has 1 unspecified atom stereocenters. The van der Waals surface area contributed by atoms with E-state index in [0.717, 1.165) is 17.7 Å². The Labute approximate surface area is 162 Å². The maximum Gasteiger partial charge on any atom is 0.416 e. The van der Waals surface area contributed by atoms with Crippen LogP contribution in [0.2, 0.25) is 0 Å². The van der Waals surface area contributed by atoms with Gasteiger partial charge in [0.2, 0.25) is 0 Å². The zero-order valence-electron chi connectivity index (χ0n) is 15.6. The highest BCUT2D eigenvalue weighted by atomic mass is 19.4. The lowest BCUT2D eigenvalue weighted by atomic mass is 10.1. The summed E-state index contributed by atoms with van der Waals surface area (Å²) in [5.41, 5.74) is 0.203. The molecule has 7 heteroatoms. The van der Waals surface area contributed by atoms with Crippen LogP contribution in [0, 0.1) is 0 Å². The van der Waals surface area contributed by atoms with E-state index in [1.54, 1.807) is 0 Å². The minimum Gasteiger partial charge on any atom is -0.550 e. The molecule has 28 heavy (non-hydrogen) atoms. The molecule has 2 aromatic carbocycles. The minimum absolute atomic E-state index is 0.00844. The monoisotopic (exact) mass is 394 g/mol. The van der Waals surface area contributed by atoms with Crippen LogP contribution < -0.4 is 9.84 Å². The lowest BCUT2D eigenvalue weighted by Gasteiger charge is -2.23. The normalized spacial score (nSPS) is 12.8. The first-order chi connectivity index (χ1) is 13.3. The van der Waals surface area contributed by atoms with Crippen molar-refractivity contribution in [3.8, 4) is 5.75 Å². The molecule has 0 N–H and O–H groups in total. The van der Waals surface area contributed by atoms with Crippen LogP contribution in [0.1, 0.15) is 36.5 Å². The Balaban J connectivity index is 2.01. The number of halogens is 3. The van der Waals surface area contributed by atoms with E-state index in [4.69, 9.17) is 4.74 Å². The molecule has 0 saturated carbocycles. The van der Waals surface area contributed by atoms with Gasteiger partial charge in [-0.2, -0.15) is 13.2 Å². The van der Waals surface area contributed by atoms with E-state index in [1.165, 1.54) is 12.1 Å². The van der Waals surface area contributed by atoms with Gasteiger partial charge < -0.3 is 19.5 Å². The van der Waals surface area contributed by atoms with Crippen LogP contribution in [-0.4, -0.2) is 31.0 Å². The summed E-state index contributed by atoms with van der Waals surface area (Å²) in [7, 11) is 1.88. The number of ether oxygens (including phenoxy) is 1. The predicted octanol–water partition coefficient (Wildman–Crippen LogP) is 3.68. The Hall–Kier alpha value is -2.54. The number of carbonyl (C=O) groups excluding carboxylic acids is 1. The number of carboxylic acids is 1. The number of carboxylic acid groups (broad SMARTS) is 1. The zero-order chi connectivity index (χ0) is 20.6. The molecule has 0 aromatic heterocycles. The topological polar surface area (TPSA) is 52.6 Å². The molecule has 4 nitrogen and oxygen atoms in total. The second kappa shape index (κ2) is 10.1. The third-order valence-electron chi connectivity index (χ3n) is 4.33. The average molecular weight is 394 g/mol. The van der Waals surface area contributed by atoms with Crippen molar-refractivity contribution in [3.63, 3.8) is 0 Å². The highest BCUT2D eigenvalue weighted by Crippen LogP contribution is 2.32. The van der Waals surface area contributed by atoms with Gasteiger partial charge in [-0.15, -0.1) is 0 Å². The fourth-order valence-corrected chi connectivity index (χ4v) is 2.79. The Kier molecular flexibility index (Phi) is 7.87. The number of hydrogen-bond acceptors (Lipinski definition) is 4. The molecule has 0 spiro atoms. The molecule has 0 heterocycles. The van der Waals surface area contributed by atoms with E-state index in [9.17, 15) is 23.1 Å². The molecule has 152 valence electrons. The highest BCUT2D eigenvalue weighted by molar-refractivity contribution is 5.64. The number of rotatable bonds is 10. The quantitative estimate of drug-likeness (QED) is 0.617. The van der Waals surface area contributed by atoms with Gasteiger partial charge in [0, 0.05) is 18.9 Å². The molecule has 0 fully saturated rings. The van der Waals surface area contributed by atoms with Crippen LogP contribution in [0.5, 0.6) is 5.75 Å². The van der Waals surface area contributed by atoms with Gasteiger partial charge in [-0.05, 0) is 56.3 Å². The van der Waals surface area contributed by atoms with Gasteiger partial charge in [0.05, 0.1) is 5.56 Å². The number of aliphatic carboxylic acids is 1. The second-order valence-corrected chi connectivity index (χ2v) is 6.61. The fraction of sp³-hybridized carbons (Fsp3) is 0.381. The van der Waals surface area contributed by atoms with Crippen molar-refractivity contribution in [3.05, 3.63) is 65.7 Å². The zero-order valence-corrected chi connectivity index (χ0v) is 15.6. The van der Waals surface area contributed by atoms with Crippen LogP contribution in [0.3, 0.4) is 0 Å². The smallest absolute Gasteiger partial charge is 0.416 e. The van der Waals surface area contributed by atoms with E-state index < -0.39 is 17.7 Å². The van der Waals surface area contributed by atoms with Gasteiger partial charge >= 0.3 is 6.18 Å². The Morgan fingerprint density at radius 1 is 1.07 bits per heavy atom. The molecule has 0 aliphatic carbocycles.